The van der Waals surface area contributed by atoms with E-state index in [0.717, 1.165) is 51.6 Å². The third-order valence-corrected chi connectivity index (χ3v) is 3.85. The van der Waals surface area contributed by atoms with Gasteiger partial charge in [-0.05, 0) is 25.3 Å². The average molecular weight is 421 g/mol. The molecule has 1 aromatic heterocycles. The number of hydrogen-bond acceptors (Lipinski definition) is 3. The molecule has 1 aromatic rings. The number of aliphatic imine (C=N–C) groups is 1. The molecule has 0 aromatic carbocycles. The number of nitrogens with one attached hydrogen (secondary N) is 1. The van der Waals surface area contributed by atoms with E-state index in [-0.39, 0.29) is 24.0 Å². The topological polar surface area (TPSA) is 54.7 Å². The fraction of sp³-hybridized carbons (Fsp3) is 0.733. The summed E-state index contributed by atoms with van der Waals surface area (Å²) in [5, 5.41) is 7.69. The summed E-state index contributed by atoms with van der Waals surface area (Å²) in [5.41, 5.74) is 1.33. The van der Waals surface area contributed by atoms with Gasteiger partial charge in [0.05, 0.1) is 6.20 Å². The van der Waals surface area contributed by atoms with Gasteiger partial charge in [-0.3, -0.25) is 9.67 Å². The summed E-state index contributed by atoms with van der Waals surface area (Å²) in [7, 11) is 3.82. The summed E-state index contributed by atoms with van der Waals surface area (Å²) >= 11 is 0. The Kier molecular flexibility index (Phi) is 8.77. The zero-order chi connectivity index (χ0) is 15.1. The van der Waals surface area contributed by atoms with Crippen LogP contribution in [-0.2, 0) is 11.8 Å². The summed E-state index contributed by atoms with van der Waals surface area (Å²) in [6.07, 6.45) is 6.26. The first kappa shape index (κ1) is 19.2. The van der Waals surface area contributed by atoms with Crippen LogP contribution in [0, 0.1) is 0 Å². The molecule has 22 heavy (non-hydrogen) atoms. The van der Waals surface area contributed by atoms with Gasteiger partial charge < -0.3 is 15.0 Å². The summed E-state index contributed by atoms with van der Waals surface area (Å²) < 4.78 is 7.22. The number of rotatable bonds is 6. The highest BCUT2D eigenvalue weighted by molar-refractivity contribution is 14.0. The van der Waals surface area contributed by atoms with Gasteiger partial charge >= 0.3 is 0 Å². The zero-order valence-electron chi connectivity index (χ0n) is 13.8. The second-order valence-corrected chi connectivity index (χ2v) is 5.40. The Morgan fingerprint density at radius 1 is 1.55 bits per heavy atom. The van der Waals surface area contributed by atoms with E-state index < -0.39 is 0 Å². The van der Waals surface area contributed by atoms with Gasteiger partial charge in [-0.25, -0.2) is 0 Å². The first-order valence-electron chi connectivity index (χ1n) is 7.76. The number of likely N-dealkylation sites (tertiary alicyclic amines) is 1. The van der Waals surface area contributed by atoms with E-state index in [1.165, 1.54) is 5.56 Å². The SMILES string of the molecule is CCOCCCNC(=NC)N1CCC(c2cnn(C)c2)C1.I. The maximum atomic E-state index is 5.35. The van der Waals surface area contributed by atoms with Crippen molar-refractivity contribution in [2.24, 2.45) is 12.0 Å². The summed E-state index contributed by atoms with van der Waals surface area (Å²) in [4.78, 5) is 6.72. The van der Waals surface area contributed by atoms with Crippen LogP contribution in [0.2, 0.25) is 0 Å². The molecule has 1 fully saturated rings. The third-order valence-electron chi connectivity index (χ3n) is 3.85. The lowest BCUT2D eigenvalue weighted by Crippen LogP contribution is -2.40. The van der Waals surface area contributed by atoms with Crippen molar-refractivity contribution in [2.45, 2.75) is 25.7 Å². The van der Waals surface area contributed by atoms with E-state index >= 15 is 0 Å². The molecule has 0 aliphatic carbocycles. The van der Waals surface area contributed by atoms with Crippen molar-refractivity contribution in [3.05, 3.63) is 18.0 Å². The number of guanidine groups is 1. The molecule has 0 saturated carbocycles. The molecule has 1 aliphatic heterocycles. The lowest BCUT2D eigenvalue weighted by atomic mass is 10.0. The van der Waals surface area contributed by atoms with E-state index in [9.17, 15) is 0 Å². The molecule has 6 nitrogen and oxygen atoms in total. The van der Waals surface area contributed by atoms with Crippen LogP contribution in [0.25, 0.3) is 0 Å². The Bertz CT molecular complexity index is 463. The van der Waals surface area contributed by atoms with Crippen LogP contribution in [0.15, 0.2) is 17.4 Å². The number of hydrogen-bond donors (Lipinski definition) is 1. The molecule has 0 spiro atoms. The average Bonchev–Trinajstić information content (AvgIpc) is 3.12. The molecule has 0 amide bonds. The van der Waals surface area contributed by atoms with Crippen LogP contribution >= 0.6 is 24.0 Å². The minimum atomic E-state index is 0. The molecular weight excluding hydrogens is 393 g/mol. The minimum Gasteiger partial charge on any atom is -0.382 e. The molecule has 2 heterocycles. The van der Waals surface area contributed by atoms with Gasteiger partial charge in [0.25, 0.3) is 0 Å². The van der Waals surface area contributed by atoms with Crippen molar-refractivity contribution in [3.63, 3.8) is 0 Å². The Labute approximate surface area is 150 Å². The van der Waals surface area contributed by atoms with Crippen LogP contribution in [0.4, 0.5) is 0 Å². The van der Waals surface area contributed by atoms with Crippen molar-refractivity contribution in [1.29, 1.82) is 0 Å². The number of aromatic nitrogens is 2. The Morgan fingerprint density at radius 2 is 2.36 bits per heavy atom. The summed E-state index contributed by atoms with van der Waals surface area (Å²) in [6.45, 7) is 6.57. The van der Waals surface area contributed by atoms with Gasteiger partial charge in [0, 0.05) is 59.1 Å². The highest BCUT2D eigenvalue weighted by Crippen LogP contribution is 2.26. The van der Waals surface area contributed by atoms with Gasteiger partial charge in [0.2, 0.25) is 0 Å². The summed E-state index contributed by atoms with van der Waals surface area (Å²) in [5.74, 6) is 1.55. The molecule has 2 rings (SSSR count). The molecule has 1 aliphatic rings. The fourth-order valence-electron chi connectivity index (χ4n) is 2.73. The maximum absolute atomic E-state index is 5.35. The first-order valence-corrected chi connectivity index (χ1v) is 7.76. The molecule has 0 radical (unpaired) electrons. The molecule has 1 unspecified atom stereocenters. The molecule has 7 heteroatoms. The van der Waals surface area contributed by atoms with Gasteiger partial charge in [-0.2, -0.15) is 5.10 Å². The van der Waals surface area contributed by atoms with E-state index in [1.807, 2.05) is 31.9 Å². The number of ether oxygens (including phenoxy) is 1. The highest BCUT2D eigenvalue weighted by Gasteiger charge is 2.26. The van der Waals surface area contributed by atoms with Crippen molar-refractivity contribution in [2.75, 3.05) is 39.9 Å². The number of aryl methyl sites for hydroxylation is 1. The third kappa shape index (κ3) is 5.42. The van der Waals surface area contributed by atoms with Crippen LogP contribution in [0.3, 0.4) is 0 Å². The largest absolute Gasteiger partial charge is 0.382 e. The highest BCUT2D eigenvalue weighted by atomic mass is 127. The summed E-state index contributed by atoms with van der Waals surface area (Å²) in [6, 6.07) is 0. The van der Waals surface area contributed by atoms with E-state index in [4.69, 9.17) is 4.74 Å². The Hall–Kier alpha value is -0.830. The van der Waals surface area contributed by atoms with Crippen LogP contribution in [0.1, 0.15) is 31.2 Å². The maximum Gasteiger partial charge on any atom is 0.193 e. The molecule has 0 bridgehead atoms. The smallest absolute Gasteiger partial charge is 0.193 e. The number of nitrogens with zero attached hydrogens (tertiary/aromatic N) is 4. The monoisotopic (exact) mass is 421 g/mol. The van der Waals surface area contributed by atoms with E-state index in [1.54, 1.807) is 0 Å². The first-order chi connectivity index (χ1) is 10.2. The van der Waals surface area contributed by atoms with Gasteiger partial charge in [0.1, 0.15) is 0 Å². The lowest BCUT2D eigenvalue weighted by Gasteiger charge is -2.21. The second-order valence-electron chi connectivity index (χ2n) is 5.40. The Balaban J connectivity index is 0.00000242. The minimum absolute atomic E-state index is 0. The molecule has 126 valence electrons. The second kappa shape index (κ2) is 10.0. The van der Waals surface area contributed by atoms with E-state index in [0.29, 0.717) is 5.92 Å². The number of halogens is 1. The zero-order valence-corrected chi connectivity index (χ0v) is 16.1. The molecule has 1 N–H and O–H groups in total. The van der Waals surface area contributed by atoms with Crippen LogP contribution < -0.4 is 5.32 Å². The van der Waals surface area contributed by atoms with Crippen molar-refractivity contribution in [1.82, 2.24) is 20.0 Å². The van der Waals surface area contributed by atoms with Gasteiger partial charge in [0.15, 0.2) is 5.96 Å². The quantitative estimate of drug-likeness (QED) is 0.330. The predicted octanol–water partition coefficient (Wildman–Crippen LogP) is 1.83. The lowest BCUT2D eigenvalue weighted by molar-refractivity contribution is 0.145. The van der Waals surface area contributed by atoms with Gasteiger partial charge in [-0.15, -0.1) is 24.0 Å². The van der Waals surface area contributed by atoms with Crippen LogP contribution in [0.5, 0.6) is 0 Å². The Morgan fingerprint density at radius 3 is 3.00 bits per heavy atom. The van der Waals surface area contributed by atoms with Crippen molar-refractivity contribution in [3.8, 4) is 0 Å². The fourth-order valence-corrected chi connectivity index (χ4v) is 2.73. The van der Waals surface area contributed by atoms with Crippen molar-refractivity contribution >= 4 is 29.9 Å². The van der Waals surface area contributed by atoms with Crippen molar-refractivity contribution < 1.29 is 4.74 Å². The molecule has 1 atom stereocenters. The predicted molar refractivity (Wildman–Crippen MR) is 100 cm³/mol. The molecule has 1 saturated heterocycles. The van der Waals surface area contributed by atoms with Crippen LogP contribution in [-0.4, -0.2) is 60.5 Å². The normalized spacial score (nSPS) is 18.4. The van der Waals surface area contributed by atoms with E-state index in [2.05, 4.69) is 26.5 Å². The molecular formula is C15H28IN5O. The van der Waals surface area contributed by atoms with Gasteiger partial charge in [-0.1, -0.05) is 0 Å². The standard InChI is InChI=1S/C15H27N5O.HI/c1-4-21-9-5-7-17-15(16-2)20-8-6-13(12-20)14-10-18-19(3)11-14;/h10-11,13H,4-9,12H2,1-3H3,(H,16,17);1H.